The Morgan fingerprint density at radius 1 is 1.30 bits per heavy atom. The molecule has 0 N–H and O–H groups in total. The van der Waals surface area contributed by atoms with Gasteiger partial charge in [0.25, 0.3) is 0 Å². The molecule has 2 aliphatic rings. The molecule has 1 aromatic carbocycles. The van der Waals surface area contributed by atoms with Crippen LogP contribution < -0.4 is 0 Å². The molecule has 0 radical (unpaired) electrons. The quantitative estimate of drug-likeness (QED) is 0.677. The van der Waals surface area contributed by atoms with Crippen molar-refractivity contribution < 1.29 is 14.3 Å². The molecule has 0 saturated heterocycles. The Morgan fingerprint density at radius 2 is 2.00 bits per heavy atom. The van der Waals surface area contributed by atoms with Crippen LogP contribution in [0.3, 0.4) is 0 Å². The summed E-state index contributed by atoms with van der Waals surface area (Å²) in [5.41, 5.74) is 2.85. The first-order chi connectivity index (χ1) is 12.6. The fourth-order valence-electron chi connectivity index (χ4n) is 4.12. The molecule has 3 rings (SSSR count). The van der Waals surface area contributed by atoms with E-state index in [1.807, 2.05) is 39.0 Å². The highest BCUT2D eigenvalue weighted by Gasteiger charge is 2.46. The predicted octanol–water partition coefficient (Wildman–Crippen LogP) is 5.11. The summed E-state index contributed by atoms with van der Waals surface area (Å²) in [6.07, 6.45) is 0.930. The maximum atomic E-state index is 13.1. The summed E-state index contributed by atoms with van der Waals surface area (Å²) in [6, 6.07) is 7.39. The summed E-state index contributed by atoms with van der Waals surface area (Å²) < 4.78 is 5.51. The lowest BCUT2D eigenvalue weighted by atomic mass is 9.67. The Balaban J connectivity index is 2.16. The normalized spacial score (nSPS) is 24.6. The second-order valence-electron chi connectivity index (χ2n) is 8.55. The number of ketones is 1. The second kappa shape index (κ2) is 7.23. The summed E-state index contributed by atoms with van der Waals surface area (Å²) in [5, 5.41) is 0.578. The highest BCUT2D eigenvalue weighted by atomic mass is 35.5. The monoisotopic (exact) mass is 387 g/mol. The first kappa shape index (κ1) is 19.8. The van der Waals surface area contributed by atoms with Crippen LogP contribution in [0.1, 0.15) is 58.9 Å². The van der Waals surface area contributed by atoms with Gasteiger partial charge in [-0.1, -0.05) is 37.6 Å². The second-order valence-corrected chi connectivity index (χ2v) is 8.99. The molecule has 1 heterocycles. The van der Waals surface area contributed by atoms with Crippen molar-refractivity contribution in [3.8, 4) is 0 Å². The zero-order valence-electron chi connectivity index (χ0n) is 16.5. The number of carbonyl (C=O) groups excluding carboxylic acids is 2. The lowest BCUT2D eigenvalue weighted by molar-refractivity contribution is -0.150. The lowest BCUT2D eigenvalue weighted by Crippen LogP contribution is -2.40. The van der Waals surface area contributed by atoms with Gasteiger partial charge >= 0.3 is 5.97 Å². The zero-order valence-corrected chi connectivity index (χ0v) is 17.3. The number of halogens is 1. The maximum absolute atomic E-state index is 13.1. The molecule has 144 valence electrons. The summed E-state index contributed by atoms with van der Waals surface area (Å²) >= 11 is 6.22. The Hall–Kier alpha value is -1.94. The molecule has 0 amide bonds. The molecule has 5 heteroatoms. The zero-order chi connectivity index (χ0) is 19.9. The van der Waals surface area contributed by atoms with Crippen LogP contribution in [-0.2, 0) is 14.3 Å². The number of nitrogens with zero attached hydrogens (tertiary/aromatic N) is 1. The minimum Gasteiger partial charge on any atom is -0.462 e. The van der Waals surface area contributed by atoms with E-state index < -0.39 is 11.8 Å². The highest BCUT2D eigenvalue weighted by molar-refractivity contribution is 6.30. The molecule has 1 aromatic rings. The number of aliphatic imine (C=N–C) groups is 1. The van der Waals surface area contributed by atoms with Gasteiger partial charge in [0.2, 0.25) is 0 Å². The van der Waals surface area contributed by atoms with Crippen molar-refractivity contribution in [3.05, 3.63) is 46.1 Å². The number of hydrogen-bond donors (Lipinski definition) is 0. The summed E-state index contributed by atoms with van der Waals surface area (Å²) in [6.45, 7) is 9.64. The Kier molecular flexibility index (Phi) is 5.31. The topological polar surface area (TPSA) is 55.7 Å². The van der Waals surface area contributed by atoms with Crippen LogP contribution in [0.4, 0.5) is 0 Å². The van der Waals surface area contributed by atoms with Crippen molar-refractivity contribution in [1.82, 2.24) is 0 Å². The van der Waals surface area contributed by atoms with Crippen LogP contribution in [0, 0.1) is 11.3 Å². The van der Waals surface area contributed by atoms with Gasteiger partial charge in [0.15, 0.2) is 5.78 Å². The summed E-state index contributed by atoms with van der Waals surface area (Å²) in [5.74, 6) is -1.31. The van der Waals surface area contributed by atoms with Gasteiger partial charge in [0.1, 0.15) is 5.92 Å². The molecule has 27 heavy (non-hydrogen) atoms. The van der Waals surface area contributed by atoms with E-state index in [2.05, 4.69) is 13.8 Å². The molecule has 0 spiro atoms. The van der Waals surface area contributed by atoms with Gasteiger partial charge in [0, 0.05) is 34.3 Å². The highest BCUT2D eigenvalue weighted by Crippen LogP contribution is 2.48. The molecule has 0 fully saturated rings. The Labute approximate surface area is 165 Å². The third-order valence-corrected chi connectivity index (χ3v) is 5.35. The van der Waals surface area contributed by atoms with E-state index in [9.17, 15) is 9.59 Å². The van der Waals surface area contributed by atoms with Gasteiger partial charge in [-0.3, -0.25) is 14.6 Å². The van der Waals surface area contributed by atoms with E-state index >= 15 is 0 Å². The van der Waals surface area contributed by atoms with Crippen molar-refractivity contribution in [2.45, 2.75) is 59.5 Å². The van der Waals surface area contributed by atoms with Gasteiger partial charge in [-0.05, 0) is 50.3 Å². The molecule has 2 atom stereocenters. The summed E-state index contributed by atoms with van der Waals surface area (Å²) in [7, 11) is 0. The predicted molar refractivity (Wildman–Crippen MR) is 107 cm³/mol. The first-order valence-electron chi connectivity index (χ1n) is 9.36. The molecule has 1 aliphatic heterocycles. The molecule has 0 aromatic heterocycles. The summed E-state index contributed by atoms with van der Waals surface area (Å²) in [4.78, 5) is 30.7. The van der Waals surface area contributed by atoms with E-state index in [4.69, 9.17) is 21.3 Å². The van der Waals surface area contributed by atoms with Crippen LogP contribution in [-0.4, -0.2) is 23.6 Å². The third kappa shape index (κ3) is 4.01. The van der Waals surface area contributed by atoms with Gasteiger partial charge in [0.05, 0.1) is 6.10 Å². The van der Waals surface area contributed by atoms with Crippen LogP contribution in [0.25, 0.3) is 0 Å². The average molecular weight is 388 g/mol. The largest absolute Gasteiger partial charge is 0.462 e. The van der Waals surface area contributed by atoms with Crippen molar-refractivity contribution in [2.75, 3.05) is 0 Å². The molecule has 1 aliphatic carbocycles. The number of esters is 1. The van der Waals surface area contributed by atoms with E-state index in [0.29, 0.717) is 29.1 Å². The van der Waals surface area contributed by atoms with Crippen LogP contribution in [0.15, 0.2) is 40.5 Å². The fourth-order valence-corrected chi connectivity index (χ4v) is 4.31. The van der Waals surface area contributed by atoms with Crippen LogP contribution >= 0.6 is 11.6 Å². The Bertz CT molecular complexity index is 851. The van der Waals surface area contributed by atoms with E-state index in [1.165, 1.54) is 0 Å². The SMILES string of the molecule is CC1=NC2=C(C(=O)CC(C)(C)C2)[C@@H](c2cccc(Cl)c2)C1C(=O)OC(C)C. The van der Waals surface area contributed by atoms with Crippen LogP contribution in [0.2, 0.25) is 5.02 Å². The molecule has 0 bridgehead atoms. The number of Topliss-reactive ketones (excluding diaryl/α,β-unsaturated/α-hetero) is 1. The van der Waals surface area contributed by atoms with Crippen LogP contribution in [0.5, 0.6) is 0 Å². The number of allylic oxidation sites excluding steroid dienone is 2. The standard InChI is InChI=1S/C22H26ClNO3/c1-12(2)27-21(26)18-13(3)24-16-10-22(4,5)11-17(25)20(16)19(18)14-7-6-8-15(23)9-14/h6-9,12,18-19H,10-11H2,1-5H3/t18?,19-/m0/s1. The van der Waals surface area contributed by atoms with Crippen molar-refractivity contribution in [2.24, 2.45) is 16.3 Å². The minimum absolute atomic E-state index is 0.0600. The fraction of sp³-hybridized carbons (Fsp3) is 0.500. The molecule has 1 unspecified atom stereocenters. The third-order valence-electron chi connectivity index (χ3n) is 5.12. The van der Waals surface area contributed by atoms with E-state index in [1.54, 1.807) is 6.07 Å². The number of carbonyl (C=O) groups is 2. The first-order valence-corrected chi connectivity index (χ1v) is 9.74. The number of benzene rings is 1. The van der Waals surface area contributed by atoms with Crippen molar-refractivity contribution >= 4 is 29.1 Å². The average Bonchev–Trinajstić information content (AvgIpc) is 2.51. The minimum atomic E-state index is -0.616. The maximum Gasteiger partial charge on any atom is 0.315 e. The molecule has 0 saturated carbocycles. The number of ether oxygens (including phenoxy) is 1. The van der Waals surface area contributed by atoms with Gasteiger partial charge in [-0.15, -0.1) is 0 Å². The van der Waals surface area contributed by atoms with Crippen molar-refractivity contribution in [3.63, 3.8) is 0 Å². The molecule has 4 nitrogen and oxygen atoms in total. The van der Waals surface area contributed by atoms with Gasteiger partial charge in [-0.25, -0.2) is 0 Å². The molecular weight excluding hydrogens is 362 g/mol. The number of rotatable bonds is 3. The van der Waals surface area contributed by atoms with Gasteiger partial charge in [-0.2, -0.15) is 0 Å². The Morgan fingerprint density at radius 3 is 2.63 bits per heavy atom. The van der Waals surface area contributed by atoms with Gasteiger partial charge < -0.3 is 4.74 Å². The smallest absolute Gasteiger partial charge is 0.315 e. The lowest BCUT2D eigenvalue weighted by Gasteiger charge is -2.39. The number of hydrogen-bond acceptors (Lipinski definition) is 4. The van der Waals surface area contributed by atoms with E-state index in [-0.39, 0.29) is 23.3 Å². The van der Waals surface area contributed by atoms with Crippen molar-refractivity contribution in [1.29, 1.82) is 0 Å². The molecular formula is C22H26ClNO3. The van der Waals surface area contributed by atoms with E-state index in [0.717, 1.165) is 11.3 Å².